The van der Waals surface area contributed by atoms with Crippen LogP contribution in [-0.4, -0.2) is 88.2 Å². The Morgan fingerprint density at radius 3 is 0.920 bits per heavy atom. The summed E-state index contributed by atoms with van der Waals surface area (Å²) in [6.07, 6.45) is 0. The number of hydrogen-bond acceptors (Lipinski definition) is 12. The van der Waals surface area contributed by atoms with Gasteiger partial charge in [-0.3, -0.25) is 0 Å². The molecule has 0 aromatic rings. The van der Waals surface area contributed by atoms with Gasteiger partial charge in [-0.2, -0.15) is 0 Å². The molecule has 0 N–H and O–H groups in total. The summed E-state index contributed by atoms with van der Waals surface area (Å²) in [7, 11) is 10.6. The molecule has 0 rings (SSSR count). The molecule has 0 spiro atoms. The van der Waals surface area contributed by atoms with Crippen LogP contribution < -0.4 is 0 Å². The third-order valence-electron chi connectivity index (χ3n) is 2.38. The van der Waals surface area contributed by atoms with Gasteiger partial charge in [0.05, 0.1) is 0 Å². The molecule has 0 aromatic carbocycles. The van der Waals surface area contributed by atoms with Crippen LogP contribution in [-0.2, 0) is 38.1 Å². The quantitative estimate of drug-likeness (QED) is 0.201. The minimum absolute atomic E-state index is 0.0725. The van der Waals surface area contributed by atoms with E-state index in [1.165, 1.54) is 64.2 Å². The van der Waals surface area contributed by atoms with Crippen LogP contribution in [0.1, 0.15) is 0 Å². The summed E-state index contributed by atoms with van der Waals surface area (Å²) < 4.78 is 18.6. The van der Waals surface area contributed by atoms with Crippen LogP contribution in [0.4, 0.5) is 0 Å². The first-order valence-electron chi connectivity index (χ1n) is 6.65. The molecule has 0 bridgehead atoms. The predicted octanol–water partition coefficient (Wildman–Crippen LogP) is 1.05. The van der Waals surface area contributed by atoms with Crippen molar-refractivity contribution in [3.63, 3.8) is 0 Å². The molecule has 0 atom stereocenters. The number of rotatable bonds is 12. The zero-order chi connectivity index (χ0) is 19.3. The molecule has 0 unspecified atom stereocenters. The molecule has 0 aliphatic carbocycles. The zero-order valence-electron chi connectivity index (χ0n) is 14.2. The van der Waals surface area contributed by atoms with E-state index in [0.29, 0.717) is 0 Å². The summed E-state index contributed by atoms with van der Waals surface area (Å²) in [5.74, 6) is -1.37. The van der Waals surface area contributed by atoms with Crippen LogP contribution in [0.3, 0.4) is 0 Å². The Kier molecular flexibility index (Phi) is 14.2. The van der Waals surface area contributed by atoms with Gasteiger partial charge in [-0.05, 0) is 0 Å². The van der Waals surface area contributed by atoms with E-state index in [1.807, 2.05) is 0 Å². The van der Waals surface area contributed by atoms with E-state index in [-0.39, 0.29) is 23.0 Å². The number of carbonyl (C=O) groups excluding carboxylic acids is 4. The SMILES string of the molecule is COC(=O)C[S][Sn]([S]CC(=O)OC)([S]CC(=O)OC)[S]CC(=O)OC. The first kappa shape index (κ1) is 25.1. The molecule has 0 amide bonds. The summed E-state index contributed by atoms with van der Waals surface area (Å²) in [5, 5.41) is 0. The fourth-order valence-corrected chi connectivity index (χ4v) is 41.9. The maximum absolute atomic E-state index is 11.5. The Bertz CT molecular complexity index is 391. The van der Waals surface area contributed by atoms with Gasteiger partial charge in [0.2, 0.25) is 0 Å². The van der Waals surface area contributed by atoms with Gasteiger partial charge >= 0.3 is 162 Å². The zero-order valence-corrected chi connectivity index (χ0v) is 20.3. The second-order valence-corrected chi connectivity index (χ2v) is 45.8. The number of methoxy groups -OCH3 is 4. The number of ether oxygens (including phenoxy) is 4. The van der Waals surface area contributed by atoms with Gasteiger partial charge in [-0.15, -0.1) is 0 Å². The minimum atomic E-state index is -3.54. The van der Waals surface area contributed by atoms with Gasteiger partial charge in [0.1, 0.15) is 0 Å². The fourth-order valence-electron chi connectivity index (χ4n) is 1.07. The molecule has 0 aliphatic heterocycles. The molecule has 0 heterocycles. The van der Waals surface area contributed by atoms with Crippen LogP contribution >= 0.6 is 35.8 Å². The fraction of sp³-hybridized carbons (Fsp3) is 0.667. The Morgan fingerprint density at radius 1 is 0.560 bits per heavy atom. The summed E-state index contributed by atoms with van der Waals surface area (Å²) in [4.78, 5) is 46.1. The standard InChI is InChI=1S/4C3H6O2S.Sn/c4*1-5-3(4)2-6;/h4*6H,2H2,1H3;/q;;;;+4/p-4. The van der Waals surface area contributed by atoms with Crippen molar-refractivity contribution in [3.8, 4) is 0 Å². The Hall–Kier alpha value is 0.0787. The Labute approximate surface area is 161 Å². The maximum atomic E-state index is 11.5. The first-order chi connectivity index (χ1) is 11.8. The van der Waals surface area contributed by atoms with E-state index in [0.717, 1.165) is 0 Å². The van der Waals surface area contributed by atoms with E-state index in [4.69, 9.17) is 0 Å². The van der Waals surface area contributed by atoms with Gasteiger partial charge in [0.25, 0.3) is 0 Å². The second-order valence-electron chi connectivity index (χ2n) is 3.96. The van der Waals surface area contributed by atoms with Crippen molar-refractivity contribution in [1.82, 2.24) is 0 Å². The molecule has 13 heteroatoms. The van der Waals surface area contributed by atoms with Gasteiger partial charge in [-0.25, -0.2) is 0 Å². The summed E-state index contributed by atoms with van der Waals surface area (Å²) in [6, 6.07) is 0. The third-order valence-corrected chi connectivity index (χ3v) is 50.8. The topological polar surface area (TPSA) is 105 Å². The molecule has 0 radical (unpaired) electrons. The molecule has 0 aromatic heterocycles. The Balaban J connectivity index is 5.24. The molecule has 0 saturated carbocycles. The number of esters is 4. The molecule has 144 valence electrons. The van der Waals surface area contributed by atoms with Crippen molar-refractivity contribution in [2.24, 2.45) is 0 Å². The molecular formula is C12H20O8S4Sn. The summed E-state index contributed by atoms with van der Waals surface area (Å²) in [5.41, 5.74) is 0. The summed E-state index contributed by atoms with van der Waals surface area (Å²) in [6.45, 7) is 0. The van der Waals surface area contributed by atoms with Crippen molar-refractivity contribution in [3.05, 3.63) is 0 Å². The van der Waals surface area contributed by atoms with Gasteiger partial charge in [-0.1, -0.05) is 0 Å². The van der Waals surface area contributed by atoms with Crippen molar-refractivity contribution in [2.75, 3.05) is 51.5 Å². The van der Waals surface area contributed by atoms with E-state index >= 15 is 0 Å². The number of carbonyl (C=O) groups is 4. The number of hydrogen-bond donors (Lipinski definition) is 0. The van der Waals surface area contributed by atoms with Crippen LogP contribution in [0.2, 0.25) is 0 Å². The van der Waals surface area contributed by atoms with Crippen molar-refractivity contribution < 1.29 is 38.1 Å². The van der Waals surface area contributed by atoms with Crippen LogP contribution in [0.25, 0.3) is 0 Å². The van der Waals surface area contributed by atoms with Crippen LogP contribution in [0.5, 0.6) is 0 Å². The average molecular weight is 539 g/mol. The third kappa shape index (κ3) is 11.4. The first-order valence-corrected chi connectivity index (χ1v) is 24.6. The van der Waals surface area contributed by atoms with Crippen molar-refractivity contribution in [1.29, 1.82) is 0 Å². The molecule has 0 saturated heterocycles. The van der Waals surface area contributed by atoms with Crippen LogP contribution in [0, 0.1) is 0 Å². The predicted molar refractivity (Wildman–Crippen MR) is 104 cm³/mol. The molecule has 25 heavy (non-hydrogen) atoms. The van der Waals surface area contributed by atoms with Crippen molar-refractivity contribution >= 4 is 72.5 Å². The van der Waals surface area contributed by atoms with E-state index in [1.54, 1.807) is 0 Å². The normalized spacial score (nSPS) is 10.7. The van der Waals surface area contributed by atoms with Gasteiger partial charge in [0.15, 0.2) is 0 Å². The van der Waals surface area contributed by atoms with E-state index in [2.05, 4.69) is 18.9 Å². The molecule has 0 fully saturated rings. The van der Waals surface area contributed by atoms with Gasteiger partial charge < -0.3 is 0 Å². The van der Waals surface area contributed by atoms with Crippen LogP contribution in [0.15, 0.2) is 0 Å². The van der Waals surface area contributed by atoms with E-state index in [9.17, 15) is 19.2 Å². The molecule has 0 aliphatic rings. The average Bonchev–Trinajstić information content (AvgIpc) is 2.65. The monoisotopic (exact) mass is 540 g/mol. The van der Waals surface area contributed by atoms with Crippen molar-refractivity contribution in [2.45, 2.75) is 0 Å². The Morgan fingerprint density at radius 2 is 0.760 bits per heavy atom. The second kappa shape index (κ2) is 14.2. The van der Waals surface area contributed by atoms with E-state index < -0.39 is 36.7 Å². The van der Waals surface area contributed by atoms with Gasteiger partial charge in [0, 0.05) is 0 Å². The summed E-state index contributed by atoms with van der Waals surface area (Å²) >= 11 is -3.54. The molecular weight excluding hydrogens is 519 g/mol. The molecule has 8 nitrogen and oxygen atoms in total.